The van der Waals surface area contributed by atoms with E-state index < -0.39 is 6.17 Å². The maximum Gasteiger partial charge on any atom is 0.255 e. The molecule has 44 heavy (non-hydrogen) atoms. The number of nitrogens with one attached hydrogen (secondary N) is 5. The highest BCUT2D eigenvalue weighted by atomic mass is 16.2. The van der Waals surface area contributed by atoms with Crippen molar-refractivity contribution < 1.29 is 9.59 Å². The van der Waals surface area contributed by atoms with Gasteiger partial charge >= 0.3 is 0 Å². The number of benzene rings is 2. The predicted octanol–water partition coefficient (Wildman–Crippen LogP) is 5.59. The van der Waals surface area contributed by atoms with Gasteiger partial charge in [0.05, 0.1) is 6.33 Å². The summed E-state index contributed by atoms with van der Waals surface area (Å²) in [6, 6.07) is 15.0. The molecule has 11 nitrogen and oxygen atoms in total. The molecule has 2 aromatic carbocycles. The number of rotatable bonds is 10. The number of guanidine groups is 1. The van der Waals surface area contributed by atoms with Crippen LogP contribution >= 0.6 is 0 Å². The molecule has 1 aliphatic carbocycles. The van der Waals surface area contributed by atoms with Crippen LogP contribution in [-0.2, 0) is 4.79 Å². The Hall–Kier alpha value is -4.64. The van der Waals surface area contributed by atoms with Gasteiger partial charge in [-0.3, -0.25) is 9.59 Å². The molecule has 0 saturated heterocycles. The normalized spacial score (nSPS) is 16.8. The molecule has 1 aromatic heterocycles. The molecular formula is C33H43N9O2. The topological polar surface area (TPSA) is 128 Å². The summed E-state index contributed by atoms with van der Waals surface area (Å²) in [6.45, 7) is 4.94. The van der Waals surface area contributed by atoms with E-state index in [1.54, 1.807) is 30.3 Å². The third-order valence-electron chi connectivity index (χ3n) is 7.66. The maximum atomic E-state index is 13.0. The molecule has 1 fully saturated rings. The fourth-order valence-electron chi connectivity index (χ4n) is 5.35. The monoisotopic (exact) mass is 597 g/mol. The number of carbonyl (C=O) groups excluding carboxylic acids is 2. The molecule has 1 aliphatic heterocycles. The second-order valence-electron chi connectivity index (χ2n) is 11.9. The first-order valence-corrected chi connectivity index (χ1v) is 15.3. The van der Waals surface area contributed by atoms with Crippen molar-refractivity contribution in [3.8, 4) is 0 Å². The van der Waals surface area contributed by atoms with Gasteiger partial charge in [0.25, 0.3) is 5.91 Å². The molecule has 0 spiro atoms. The van der Waals surface area contributed by atoms with Gasteiger partial charge in [-0.15, -0.1) is 0 Å². The molecule has 2 amide bonds. The summed E-state index contributed by atoms with van der Waals surface area (Å²) in [4.78, 5) is 36.8. The summed E-state index contributed by atoms with van der Waals surface area (Å²) in [6.07, 6.45) is 10.8. The van der Waals surface area contributed by atoms with Gasteiger partial charge in [-0.1, -0.05) is 31.4 Å². The largest absolute Gasteiger partial charge is 0.359 e. The van der Waals surface area contributed by atoms with Crippen LogP contribution in [0.1, 0.15) is 74.2 Å². The third-order valence-corrected chi connectivity index (χ3v) is 7.66. The minimum atomic E-state index is -0.399. The maximum absolute atomic E-state index is 13.0. The van der Waals surface area contributed by atoms with E-state index in [2.05, 4.69) is 45.0 Å². The number of aliphatic imine (C=N–C) groups is 1. The molecule has 5 rings (SSSR count). The van der Waals surface area contributed by atoms with Crippen LogP contribution in [0, 0.1) is 0 Å². The van der Waals surface area contributed by atoms with Gasteiger partial charge in [-0.25, -0.2) is 9.98 Å². The zero-order chi connectivity index (χ0) is 31.1. The average Bonchev–Trinajstić information content (AvgIpc) is 3.43. The lowest BCUT2D eigenvalue weighted by Gasteiger charge is -2.29. The minimum Gasteiger partial charge on any atom is -0.359 e. The number of hydrogen-bond acceptors (Lipinski definition) is 8. The quantitative estimate of drug-likeness (QED) is 0.193. The van der Waals surface area contributed by atoms with E-state index >= 15 is 0 Å². The molecule has 1 saturated carbocycles. The number of imidazole rings is 1. The highest BCUT2D eigenvalue weighted by Crippen LogP contribution is 2.32. The van der Waals surface area contributed by atoms with E-state index in [0.717, 1.165) is 36.0 Å². The zero-order valence-electron chi connectivity index (χ0n) is 25.9. The Morgan fingerprint density at radius 1 is 1.00 bits per heavy atom. The Labute approximate surface area is 259 Å². The Balaban J connectivity index is 1.25. The Morgan fingerprint density at radius 2 is 1.75 bits per heavy atom. The standard InChI is InChI=1S/C33H43N9O2/c1-22(2)42-21-34-29-30(39-33(40-31(29)42)38-24-10-6-5-7-11-24)36-26-12-8-13-27(20-26)37-32(44)23-15-17-25(18-16-23)35-28(43)14-9-19-41(3)4/h8-9,12-18,20-22,24,30,36H,5-7,10-11,19H2,1-4H3,(H,35,43)(H,37,44)(H2,38,39,40)/b14-9+. The van der Waals surface area contributed by atoms with Gasteiger partial charge in [0.2, 0.25) is 5.91 Å². The zero-order valence-corrected chi connectivity index (χ0v) is 25.9. The lowest BCUT2D eigenvalue weighted by Crippen LogP contribution is -2.43. The first-order chi connectivity index (χ1) is 21.2. The van der Waals surface area contributed by atoms with E-state index in [1.807, 2.05) is 49.6 Å². The molecule has 0 radical (unpaired) electrons. The minimum absolute atomic E-state index is 0.216. The fraction of sp³-hybridized carbons (Fsp3) is 0.394. The van der Waals surface area contributed by atoms with E-state index in [1.165, 1.54) is 25.3 Å². The molecule has 1 atom stereocenters. The first-order valence-electron chi connectivity index (χ1n) is 15.3. The van der Waals surface area contributed by atoms with Gasteiger partial charge in [0.15, 0.2) is 12.1 Å². The molecule has 2 heterocycles. The van der Waals surface area contributed by atoms with Crippen LogP contribution in [0.2, 0.25) is 0 Å². The van der Waals surface area contributed by atoms with Crippen molar-refractivity contribution in [2.75, 3.05) is 41.9 Å². The van der Waals surface area contributed by atoms with Gasteiger partial charge in [0.1, 0.15) is 11.5 Å². The average molecular weight is 598 g/mol. The van der Waals surface area contributed by atoms with Crippen molar-refractivity contribution in [1.82, 2.24) is 19.8 Å². The van der Waals surface area contributed by atoms with Crippen molar-refractivity contribution in [2.24, 2.45) is 4.99 Å². The molecule has 1 unspecified atom stereocenters. The molecule has 0 bridgehead atoms. The molecule has 3 aromatic rings. The summed E-state index contributed by atoms with van der Waals surface area (Å²) < 4.78 is 2.12. The fourth-order valence-corrected chi connectivity index (χ4v) is 5.35. The van der Waals surface area contributed by atoms with Gasteiger partial charge in [0, 0.05) is 47.3 Å². The number of amides is 2. The van der Waals surface area contributed by atoms with Gasteiger partial charge in [-0.2, -0.15) is 0 Å². The summed E-state index contributed by atoms with van der Waals surface area (Å²) in [5.41, 5.74) is 3.37. The van der Waals surface area contributed by atoms with Crippen molar-refractivity contribution in [3.63, 3.8) is 0 Å². The van der Waals surface area contributed by atoms with Crippen LogP contribution in [0.25, 0.3) is 0 Å². The smallest absolute Gasteiger partial charge is 0.255 e. The number of likely N-dealkylation sites (N-methyl/N-ethyl adjacent to an activating group) is 1. The van der Waals surface area contributed by atoms with Crippen LogP contribution in [0.5, 0.6) is 0 Å². The Morgan fingerprint density at radius 3 is 2.48 bits per heavy atom. The highest BCUT2D eigenvalue weighted by Gasteiger charge is 2.28. The number of nitrogens with zero attached hydrogens (tertiary/aromatic N) is 4. The van der Waals surface area contributed by atoms with Crippen molar-refractivity contribution >= 4 is 40.7 Å². The van der Waals surface area contributed by atoms with Crippen LogP contribution in [0.3, 0.4) is 0 Å². The van der Waals surface area contributed by atoms with Crippen LogP contribution < -0.4 is 26.6 Å². The molecule has 11 heteroatoms. The predicted molar refractivity (Wildman–Crippen MR) is 177 cm³/mol. The van der Waals surface area contributed by atoms with Crippen molar-refractivity contribution in [2.45, 2.75) is 64.2 Å². The third kappa shape index (κ3) is 8.04. The number of carbonyl (C=O) groups is 2. The number of aromatic nitrogens is 2. The van der Waals surface area contributed by atoms with E-state index in [4.69, 9.17) is 9.98 Å². The first kappa shape index (κ1) is 30.8. The van der Waals surface area contributed by atoms with Crippen LogP contribution in [-0.4, -0.2) is 58.9 Å². The number of anilines is 4. The number of hydrogen-bond donors (Lipinski definition) is 5. The lowest BCUT2D eigenvalue weighted by atomic mass is 9.96. The Bertz CT molecular complexity index is 1500. The molecular weight excluding hydrogens is 554 g/mol. The second-order valence-corrected chi connectivity index (χ2v) is 11.9. The Kier molecular flexibility index (Phi) is 9.96. The van der Waals surface area contributed by atoms with E-state index in [0.29, 0.717) is 29.5 Å². The van der Waals surface area contributed by atoms with Crippen molar-refractivity contribution in [1.29, 1.82) is 0 Å². The highest BCUT2D eigenvalue weighted by molar-refractivity contribution is 6.05. The summed E-state index contributed by atoms with van der Waals surface area (Å²) in [5.74, 6) is 1.21. The summed E-state index contributed by atoms with van der Waals surface area (Å²) >= 11 is 0. The molecule has 2 aliphatic rings. The van der Waals surface area contributed by atoms with E-state index in [9.17, 15) is 9.59 Å². The van der Waals surface area contributed by atoms with Gasteiger partial charge in [-0.05, 0) is 83.2 Å². The number of fused-ring (bicyclic) bond motifs is 1. The van der Waals surface area contributed by atoms with Crippen LogP contribution in [0.4, 0.5) is 22.9 Å². The lowest BCUT2D eigenvalue weighted by molar-refractivity contribution is -0.111. The molecule has 232 valence electrons. The SMILES string of the molecule is CC(C)n1cnc2c1NC(NC1CCCCC1)=NC2Nc1cccc(NC(=O)c2ccc(NC(=O)/C=C/CN(C)C)cc2)c1. The van der Waals surface area contributed by atoms with Gasteiger partial charge < -0.3 is 36.1 Å². The summed E-state index contributed by atoms with van der Waals surface area (Å²) in [5, 5.41) is 16.4. The summed E-state index contributed by atoms with van der Waals surface area (Å²) in [7, 11) is 3.87. The van der Waals surface area contributed by atoms with E-state index in [-0.39, 0.29) is 17.9 Å². The van der Waals surface area contributed by atoms with Crippen molar-refractivity contribution in [3.05, 3.63) is 78.3 Å². The van der Waals surface area contributed by atoms with Crippen LogP contribution in [0.15, 0.2) is 72.0 Å². The molecule has 5 N–H and O–H groups in total. The second kappa shape index (κ2) is 14.2.